The number of amides is 2. The van der Waals surface area contributed by atoms with Gasteiger partial charge >= 0.3 is 5.97 Å². The Bertz CT molecular complexity index is 880. The van der Waals surface area contributed by atoms with E-state index in [2.05, 4.69) is 5.32 Å². The number of esters is 1. The second kappa shape index (κ2) is 7.90. The van der Waals surface area contributed by atoms with Crippen LogP contribution in [0.15, 0.2) is 48.5 Å². The molecule has 0 aliphatic carbocycles. The smallest absolute Gasteiger partial charge is 0.339 e. The molecule has 0 saturated carbocycles. The van der Waals surface area contributed by atoms with Crippen LogP contribution >= 0.6 is 0 Å². The normalized spacial score (nSPS) is 16.1. The molecular formula is C20H20N2O5. The van der Waals surface area contributed by atoms with Gasteiger partial charge in [-0.1, -0.05) is 24.3 Å². The number of hydrogen-bond acceptors (Lipinski definition) is 5. The average molecular weight is 368 g/mol. The molecule has 1 N–H and O–H groups in total. The van der Waals surface area contributed by atoms with E-state index in [0.717, 1.165) is 0 Å². The van der Waals surface area contributed by atoms with Crippen molar-refractivity contribution >= 4 is 29.2 Å². The van der Waals surface area contributed by atoms with Crippen molar-refractivity contribution in [1.29, 1.82) is 0 Å². The average Bonchev–Trinajstić information content (AvgIpc) is 3.09. The van der Waals surface area contributed by atoms with Gasteiger partial charge in [0.05, 0.1) is 37.1 Å². The molecule has 2 aromatic carbocycles. The van der Waals surface area contributed by atoms with Gasteiger partial charge in [-0.25, -0.2) is 4.79 Å². The SMILES string of the molecule is COC(=O)c1ccccc1NC(=O)C1CC(=O)N(c2ccccc2OC)C1. The maximum Gasteiger partial charge on any atom is 0.339 e. The summed E-state index contributed by atoms with van der Waals surface area (Å²) in [6.45, 7) is 0.241. The summed E-state index contributed by atoms with van der Waals surface area (Å²) in [4.78, 5) is 38.5. The fraction of sp³-hybridized carbons (Fsp3) is 0.250. The van der Waals surface area contributed by atoms with Crippen molar-refractivity contribution in [3.05, 3.63) is 54.1 Å². The number of carbonyl (C=O) groups excluding carboxylic acids is 3. The first-order chi connectivity index (χ1) is 13.0. The number of anilines is 2. The predicted octanol–water partition coefficient (Wildman–Crippen LogP) is 2.47. The van der Waals surface area contributed by atoms with E-state index in [1.807, 2.05) is 12.1 Å². The number of para-hydroxylation sites is 3. The van der Waals surface area contributed by atoms with E-state index in [0.29, 0.717) is 17.1 Å². The van der Waals surface area contributed by atoms with Gasteiger partial charge in [-0.2, -0.15) is 0 Å². The number of nitrogens with one attached hydrogen (secondary N) is 1. The van der Waals surface area contributed by atoms with Crippen molar-refractivity contribution in [3.8, 4) is 5.75 Å². The number of methoxy groups -OCH3 is 2. The van der Waals surface area contributed by atoms with Gasteiger partial charge in [0.2, 0.25) is 11.8 Å². The van der Waals surface area contributed by atoms with Crippen LogP contribution in [0.1, 0.15) is 16.8 Å². The minimum absolute atomic E-state index is 0.0876. The monoisotopic (exact) mass is 368 g/mol. The summed E-state index contributed by atoms with van der Waals surface area (Å²) in [7, 11) is 2.81. The maximum absolute atomic E-state index is 12.7. The molecule has 7 nitrogen and oxygen atoms in total. The minimum Gasteiger partial charge on any atom is -0.495 e. The van der Waals surface area contributed by atoms with E-state index >= 15 is 0 Å². The number of carbonyl (C=O) groups is 3. The number of hydrogen-bond donors (Lipinski definition) is 1. The van der Waals surface area contributed by atoms with Crippen molar-refractivity contribution in [2.45, 2.75) is 6.42 Å². The summed E-state index contributed by atoms with van der Waals surface area (Å²) in [5, 5.41) is 2.74. The molecule has 0 bridgehead atoms. The second-order valence-corrected chi connectivity index (χ2v) is 6.10. The van der Waals surface area contributed by atoms with Crippen molar-refractivity contribution in [2.24, 2.45) is 5.92 Å². The highest BCUT2D eigenvalue weighted by Crippen LogP contribution is 2.33. The van der Waals surface area contributed by atoms with Crippen LogP contribution in [0.25, 0.3) is 0 Å². The fourth-order valence-corrected chi connectivity index (χ4v) is 3.08. The molecule has 140 valence electrons. The third-order valence-electron chi connectivity index (χ3n) is 4.46. The molecule has 1 aliphatic heterocycles. The van der Waals surface area contributed by atoms with Gasteiger partial charge in [-0.15, -0.1) is 0 Å². The number of benzene rings is 2. The molecule has 7 heteroatoms. The number of ether oxygens (including phenoxy) is 2. The highest BCUT2D eigenvalue weighted by molar-refractivity contribution is 6.06. The van der Waals surface area contributed by atoms with Gasteiger partial charge in [-0.3, -0.25) is 9.59 Å². The predicted molar refractivity (Wildman–Crippen MR) is 99.9 cm³/mol. The van der Waals surface area contributed by atoms with Crippen molar-refractivity contribution in [1.82, 2.24) is 0 Å². The summed E-state index contributed by atoms with van der Waals surface area (Å²) < 4.78 is 10.0. The van der Waals surface area contributed by atoms with Gasteiger partial charge in [0.25, 0.3) is 0 Å². The molecule has 27 heavy (non-hydrogen) atoms. The maximum atomic E-state index is 12.7. The molecule has 1 heterocycles. The molecule has 1 saturated heterocycles. The first-order valence-electron chi connectivity index (χ1n) is 8.46. The Balaban J connectivity index is 1.76. The summed E-state index contributed by atoms with van der Waals surface area (Å²) in [5.41, 5.74) is 1.26. The fourth-order valence-electron chi connectivity index (χ4n) is 3.08. The molecule has 1 fully saturated rings. The zero-order chi connectivity index (χ0) is 19.4. The quantitative estimate of drug-likeness (QED) is 0.820. The molecule has 0 radical (unpaired) electrons. The zero-order valence-corrected chi connectivity index (χ0v) is 15.1. The third kappa shape index (κ3) is 3.76. The van der Waals surface area contributed by atoms with Crippen LogP contribution in [-0.4, -0.2) is 38.5 Å². The lowest BCUT2D eigenvalue weighted by Crippen LogP contribution is -2.28. The van der Waals surface area contributed by atoms with E-state index in [9.17, 15) is 14.4 Å². The first kappa shape index (κ1) is 18.4. The highest BCUT2D eigenvalue weighted by atomic mass is 16.5. The highest BCUT2D eigenvalue weighted by Gasteiger charge is 2.36. The Morgan fingerprint density at radius 1 is 1.07 bits per heavy atom. The van der Waals surface area contributed by atoms with Crippen LogP contribution in [0.3, 0.4) is 0 Å². The molecule has 2 aromatic rings. The molecule has 3 rings (SSSR count). The van der Waals surface area contributed by atoms with Crippen LogP contribution in [0.5, 0.6) is 5.75 Å². The Morgan fingerprint density at radius 3 is 2.52 bits per heavy atom. The van der Waals surface area contributed by atoms with Gasteiger partial charge in [0.1, 0.15) is 5.75 Å². The van der Waals surface area contributed by atoms with Gasteiger partial charge < -0.3 is 19.7 Å². The third-order valence-corrected chi connectivity index (χ3v) is 4.46. The summed E-state index contributed by atoms with van der Waals surface area (Å²) in [6.07, 6.45) is 0.0876. The number of nitrogens with zero attached hydrogens (tertiary/aromatic N) is 1. The lowest BCUT2D eigenvalue weighted by Gasteiger charge is -2.19. The van der Waals surface area contributed by atoms with Crippen LogP contribution < -0.4 is 15.0 Å². The summed E-state index contributed by atoms with van der Waals surface area (Å²) >= 11 is 0. The van der Waals surface area contributed by atoms with Gasteiger partial charge in [0, 0.05) is 13.0 Å². The van der Waals surface area contributed by atoms with Crippen molar-refractivity contribution in [2.75, 3.05) is 31.0 Å². The Labute approximate surface area is 156 Å². The topological polar surface area (TPSA) is 84.9 Å². The van der Waals surface area contributed by atoms with E-state index in [4.69, 9.17) is 9.47 Å². The standard InChI is InChI=1S/C20H20N2O5/c1-26-17-10-6-5-9-16(17)22-12-13(11-18(22)23)19(24)21-15-8-4-3-7-14(15)20(25)27-2/h3-10,13H,11-12H2,1-2H3,(H,21,24). The summed E-state index contributed by atoms with van der Waals surface area (Å²) in [6, 6.07) is 13.8. The Kier molecular flexibility index (Phi) is 5.40. The van der Waals surface area contributed by atoms with Crippen molar-refractivity contribution < 1.29 is 23.9 Å². The van der Waals surface area contributed by atoms with E-state index in [-0.39, 0.29) is 30.3 Å². The second-order valence-electron chi connectivity index (χ2n) is 6.10. The molecule has 2 amide bonds. The van der Waals surface area contributed by atoms with Crippen LogP contribution in [-0.2, 0) is 14.3 Å². The van der Waals surface area contributed by atoms with Gasteiger partial charge in [0.15, 0.2) is 0 Å². The van der Waals surface area contributed by atoms with E-state index in [1.54, 1.807) is 41.3 Å². The Hall–Kier alpha value is -3.35. The minimum atomic E-state index is -0.538. The van der Waals surface area contributed by atoms with E-state index < -0.39 is 11.9 Å². The van der Waals surface area contributed by atoms with Gasteiger partial charge in [-0.05, 0) is 24.3 Å². The van der Waals surface area contributed by atoms with Crippen LogP contribution in [0.2, 0.25) is 0 Å². The molecule has 1 aliphatic rings. The largest absolute Gasteiger partial charge is 0.495 e. The molecule has 1 unspecified atom stereocenters. The number of rotatable bonds is 5. The lowest BCUT2D eigenvalue weighted by atomic mass is 10.1. The molecule has 0 aromatic heterocycles. The van der Waals surface area contributed by atoms with Crippen LogP contribution in [0.4, 0.5) is 11.4 Å². The summed E-state index contributed by atoms with van der Waals surface area (Å²) in [5.74, 6) is -0.974. The van der Waals surface area contributed by atoms with E-state index in [1.165, 1.54) is 14.2 Å². The molecule has 1 atom stereocenters. The molecular weight excluding hydrogens is 348 g/mol. The lowest BCUT2D eigenvalue weighted by molar-refractivity contribution is -0.122. The van der Waals surface area contributed by atoms with Crippen LogP contribution in [0, 0.1) is 5.92 Å². The first-order valence-corrected chi connectivity index (χ1v) is 8.46. The van der Waals surface area contributed by atoms with Crippen molar-refractivity contribution in [3.63, 3.8) is 0 Å². The zero-order valence-electron chi connectivity index (χ0n) is 15.1. The molecule has 0 spiro atoms. The Morgan fingerprint density at radius 2 is 1.78 bits per heavy atom.